The van der Waals surface area contributed by atoms with Crippen LogP contribution in [0.25, 0.3) is 0 Å². The van der Waals surface area contributed by atoms with Crippen molar-refractivity contribution in [2.24, 2.45) is 0 Å². The highest BCUT2D eigenvalue weighted by Crippen LogP contribution is 2.02. The molecule has 0 bridgehead atoms. The van der Waals surface area contributed by atoms with Crippen LogP contribution in [-0.2, 0) is 4.79 Å². The van der Waals surface area contributed by atoms with Crippen LogP contribution in [0.4, 0.5) is 0 Å². The average molecular weight is 230 g/mol. The van der Waals surface area contributed by atoms with Gasteiger partial charge >= 0.3 is 5.97 Å². The maximum Gasteiger partial charge on any atom is 0.323 e. The number of aliphatic carboxylic acids is 1. The van der Waals surface area contributed by atoms with Crippen molar-refractivity contribution in [3.05, 3.63) is 35.9 Å². The lowest BCUT2D eigenvalue weighted by molar-refractivity contribution is -0.137. The highest BCUT2D eigenvalue weighted by atomic mass is 35.5. The van der Waals surface area contributed by atoms with Crippen LogP contribution in [0.2, 0.25) is 0 Å². The molecule has 4 nitrogen and oxygen atoms in total. The van der Waals surface area contributed by atoms with E-state index in [2.05, 4.69) is 0 Å². The van der Waals surface area contributed by atoms with Gasteiger partial charge in [0.25, 0.3) is 5.91 Å². The van der Waals surface area contributed by atoms with E-state index in [4.69, 9.17) is 5.11 Å². The molecule has 1 aromatic rings. The normalized spacial score (nSPS) is 8.87. The summed E-state index contributed by atoms with van der Waals surface area (Å²) in [5, 5.41) is 8.49. The van der Waals surface area contributed by atoms with Crippen molar-refractivity contribution < 1.29 is 14.7 Å². The third-order valence-corrected chi connectivity index (χ3v) is 1.74. The van der Waals surface area contributed by atoms with Crippen LogP contribution in [0.1, 0.15) is 10.4 Å². The SMILES string of the molecule is CN(CC(=O)O)C(=O)c1ccccc1.Cl. The number of benzene rings is 1. The number of halogens is 1. The number of nitrogens with zero attached hydrogens (tertiary/aromatic N) is 1. The standard InChI is InChI=1S/C10H11NO3.ClH/c1-11(7-9(12)13)10(14)8-5-3-2-4-6-8;/h2-6H,7H2,1H3,(H,12,13);1H. The van der Waals surface area contributed by atoms with E-state index in [9.17, 15) is 9.59 Å². The van der Waals surface area contributed by atoms with Crippen molar-refractivity contribution >= 4 is 24.3 Å². The van der Waals surface area contributed by atoms with Crippen LogP contribution in [0.15, 0.2) is 30.3 Å². The predicted octanol–water partition coefficient (Wildman–Crippen LogP) is 1.26. The Morgan fingerprint density at radius 1 is 1.27 bits per heavy atom. The second-order valence-electron chi connectivity index (χ2n) is 2.92. The van der Waals surface area contributed by atoms with Crippen molar-refractivity contribution in [1.29, 1.82) is 0 Å². The third-order valence-electron chi connectivity index (χ3n) is 1.74. The van der Waals surface area contributed by atoms with E-state index in [-0.39, 0.29) is 24.9 Å². The average Bonchev–Trinajstić information content (AvgIpc) is 2.17. The lowest BCUT2D eigenvalue weighted by Crippen LogP contribution is -2.31. The highest BCUT2D eigenvalue weighted by molar-refractivity contribution is 5.95. The highest BCUT2D eigenvalue weighted by Gasteiger charge is 2.13. The summed E-state index contributed by atoms with van der Waals surface area (Å²) in [4.78, 5) is 23.1. The second-order valence-corrected chi connectivity index (χ2v) is 2.92. The van der Waals surface area contributed by atoms with E-state index >= 15 is 0 Å². The Labute approximate surface area is 93.9 Å². The lowest BCUT2D eigenvalue weighted by atomic mass is 10.2. The van der Waals surface area contributed by atoms with E-state index in [1.165, 1.54) is 7.05 Å². The van der Waals surface area contributed by atoms with Crippen LogP contribution in [0.3, 0.4) is 0 Å². The molecule has 1 N–H and O–H groups in total. The van der Waals surface area contributed by atoms with Crippen LogP contribution in [-0.4, -0.2) is 35.5 Å². The first-order valence-electron chi connectivity index (χ1n) is 4.13. The number of likely N-dealkylation sites (N-methyl/N-ethyl adjacent to an activating group) is 1. The molecule has 0 saturated heterocycles. The van der Waals surface area contributed by atoms with E-state index in [1.807, 2.05) is 0 Å². The smallest absolute Gasteiger partial charge is 0.323 e. The largest absolute Gasteiger partial charge is 0.480 e. The van der Waals surface area contributed by atoms with Crippen molar-refractivity contribution in [2.45, 2.75) is 0 Å². The molecule has 0 heterocycles. The minimum Gasteiger partial charge on any atom is -0.480 e. The van der Waals surface area contributed by atoms with Gasteiger partial charge in [-0.2, -0.15) is 0 Å². The third kappa shape index (κ3) is 3.99. The molecule has 0 radical (unpaired) electrons. The number of hydrogen-bond donors (Lipinski definition) is 1. The van der Waals surface area contributed by atoms with Gasteiger partial charge in [0.05, 0.1) is 0 Å². The minimum absolute atomic E-state index is 0. The van der Waals surface area contributed by atoms with Gasteiger partial charge in [-0.1, -0.05) is 18.2 Å². The fourth-order valence-electron chi connectivity index (χ4n) is 1.08. The summed E-state index contributed by atoms with van der Waals surface area (Å²) in [6.07, 6.45) is 0. The topological polar surface area (TPSA) is 57.6 Å². The monoisotopic (exact) mass is 229 g/mol. The summed E-state index contributed by atoms with van der Waals surface area (Å²) in [6, 6.07) is 8.58. The van der Waals surface area contributed by atoms with E-state index in [1.54, 1.807) is 30.3 Å². The summed E-state index contributed by atoms with van der Waals surface area (Å²) in [5.41, 5.74) is 0.497. The molecule has 0 spiro atoms. The quantitative estimate of drug-likeness (QED) is 0.849. The van der Waals surface area contributed by atoms with Gasteiger partial charge in [-0.15, -0.1) is 12.4 Å². The molecular weight excluding hydrogens is 218 g/mol. The summed E-state index contributed by atoms with van der Waals surface area (Å²) in [7, 11) is 1.46. The van der Waals surface area contributed by atoms with Gasteiger partial charge in [-0.3, -0.25) is 9.59 Å². The van der Waals surface area contributed by atoms with Crippen molar-refractivity contribution in [1.82, 2.24) is 4.90 Å². The Kier molecular flexibility index (Phi) is 5.41. The first kappa shape index (κ1) is 13.5. The molecule has 0 atom stereocenters. The molecule has 15 heavy (non-hydrogen) atoms. The molecule has 82 valence electrons. The summed E-state index contributed by atoms with van der Waals surface area (Å²) in [6.45, 7) is -0.284. The van der Waals surface area contributed by atoms with Crippen LogP contribution in [0.5, 0.6) is 0 Å². The number of carbonyl (C=O) groups is 2. The molecule has 0 fully saturated rings. The molecule has 0 aromatic heterocycles. The fourth-order valence-corrected chi connectivity index (χ4v) is 1.08. The van der Waals surface area contributed by atoms with Gasteiger partial charge in [0.1, 0.15) is 6.54 Å². The van der Waals surface area contributed by atoms with E-state index in [0.717, 1.165) is 4.90 Å². The molecular formula is C10H12ClNO3. The number of carboxylic acid groups (broad SMARTS) is 1. The summed E-state index contributed by atoms with van der Waals surface area (Å²) >= 11 is 0. The van der Waals surface area contributed by atoms with Gasteiger partial charge < -0.3 is 10.0 Å². The molecule has 1 amide bonds. The molecule has 0 aliphatic rings. The molecule has 0 saturated carbocycles. The van der Waals surface area contributed by atoms with Gasteiger partial charge in [-0.25, -0.2) is 0 Å². The van der Waals surface area contributed by atoms with Gasteiger partial charge in [0, 0.05) is 12.6 Å². The summed E-state index contributed by atoms with van der Waals surface area (Å²) in [5.74, 6) is -1.30. The van der Waals surface area contributed by atoms with Crippen molar-refractivity contribution in [3.8, 4) is 0 Å². The number of rotatable bonds is 3. The first-order valence-corrected chi connectivity index (χ1v) is 4.13. The number of carbonyl (C=O) groups excluding carboxylic acids is 1. The number of carboxylic acids is 1. The van der Waals surface area contributed by atoms with Gasteiger partial charge in [0.15, 0.2) is 0 Å². The lowest BCUT2D eigenvalue weighted by Gasteiger charge is -2.13. The summed E-state index contributed by atoms with van der Waals surface area (Å²) < 4.78 is 0. The Balaban J connectivity index is 0.00000196. The molecule has 0 unspecified atom stereocenters. The molecule has 5 heteroatoms. The Bertz CT molecular complexity index is 340. The fraction of sp³-hybridized carbons (Fsp3) is 0.200. The first-order chi connectivity index (χ1) is 6.61. The molecule has 1 aromatic carbocycles. The zero-order valence-electron chi connectivity index (χ0n) is 8.21. The zero-order chi connectivity index (χ0) is 10.6. The van der Waals surface area contributed by atoms with Crippen LogP contribution in [0, 0.1) is 0 Å². The van der Waals surface area contributed by atoms with Crippen molar-refractivity contribution in [3.63, 3.8) is 0 Å². The molecule has 1 rings (SSSR count). The Morgan fingerprint density at radius 2 is 1.80 bits per heavy atom. The number of amides is 1. The minimum atomic E-state index is -1.02. The second kappa shape index (κ2) is 6.03. The van der Waals surface area contributed by atoms with Crippen LogP contribution >= 0.6 is 12.4 Å². The Morgan fingerprint density at radius 3 is 2.27 bits per heavy atom. The number of hydrogen-bond acceptors (Lipinski definition) is 2. The predicted molar refractivity (Wildman–Crippen MR) is 58.3 cm³/mol. The van der Waals surface area contributed by atoms with Gasteiger partial charge in [0.2, 0.25) is 0 Å². The molecule has 0 aliphatic carbocycles. The zero-order valence-corrected chi connectivity index (χ0v) is 9.03. The van der Waals surface area contributed by atoms with Crippen LogP contribution < -0.4 is 0 Å². The maximum atomic E-state index is 11.5. The molecule has 0 aliphatic heterocycles. The Hall–Kier alpha value is -1.55. The van der Waals surface area contributed by atoms with Gasteiger partial charge in [-0.05, 0) is 12.1 Å². The van der Waals surface area contributed by atoms with E-state index in [0.29, 0.717) is 5.56 Å². The van der Waals surface area contributed by atoms with E-state index < -0.39 is 5.97 Å². The van der Waals surface area contributed by atoms with Crippen molar-refractivity contribution in [2.75, 3.05) is 13.6 Å². The maximum absolute atomic E-state index is 11.5.